The number of para-hydroxylation sites is 1. The van der Waals surface area contributed by atoms with Crippen LogP contribution >= 0.6 is 0 Å². The number of hydrogen-bond acceptors (Lipinski definition) is 5. The third kappa shape index (κ3) is 2.93. The average molecular weight is 276 g/mol. The normalized spacial score (nSPS) is 10.5. The van der Waals surface area contributed by atoms with Crippen molar-refractivity contribution in [2.24, 2.45) is 0 Å². The van der Waals surface area contributed by atoms with Crippen LogP contribution in [0.5, 0.6) is 5.75 Å². The third-order valence-corrected chi connectivity index (χ3v) is 2.83. The van der Waals surface area contributed by atoms with E-state index in [9.17, 15) is 4.79 Å². The molecule has 2 rings (SSSR count). The van der Waals surface area contributed by atoms with E-state index in [1.165, 1.54) is 6.07 Å². The summed E-state index contributed by atoms with van der Waals surface area (Å²) in [5.41, 5.74) is 0.902. The number of ether oxygens (including phenoxy) is 1. The van der Waals surface area contributed by atoms with Gasteiger partial charge in [-0.3, -0.25) is 0 Å². The van der Waals surface area contributed by atoms with Crippen molar-refractivity contribution >= 4 is 5.97 Å². The summed E-state index contributed by atoms with van der Waals surface area (Å²) in [6.45, 7) is 4.66. The molecule has 7 nitrogen and oxygen atoms in total. The molecule has 0 aliphatic rings. The SMILES string of the molecule is CCCn1nnnc1COc1c(C)cccc1C(=O)O. The van der Waals surface area contributed by atoms with Gasteiger partial charge in [0, 0.05) is 6.54 Å². The predicted molar refractivity (Wildman–Crippen MR) is 70.6 cm³/mol. The summed E-state index contributed by atoms with van der Waals surface area (Å²) >= 11 is 0. The molecule has 1 aromatic carbocycles. The van der Waals surface area contributed by atoms with Crippen LogP contribution < -0.4 is 4.74 Å². The Morgan fingerprint density at radius 3 is 2.95 bits per heavy atom. The first-order chi connectivity index (χ1) is 9.63. The van der Waals surface area contributed by atoms with E-state index in [-0.39, 0.29) is 12.2 Å². The van der Waals surface area contributed by atoms with E-state index in [1.54, 1.807) is 23.7 Å². The first kappa shape index (κ1) is 14.0. The molecule has 0 aliphatic heterocycles. The van der Waals surface area contributed by atoms with Crippen LogP contribution in [0.2, 0.25) is 0 Å². The molecule has 0 saturated carbocycles. The summed E-state index contributed by atoms with van der Waals surface area (Å²) < 4.78 is 7.27. The second kappa shape index (κ2) is 6.14. The van der Waals surface area contributed by atoms with Gasteiger partial charge in [0.2, 0.25) is 0 Å². The van der Waals surface area contributed by atoms with Crippen molar-refractivity contribution in [2.45, 2.75) is 33.4 Å². The molecule has 0 amide bonds. The molecule has 0 saturated heterocycles. The lowest BCUT2D eigenvalue weighted by atomic mass is 10.1. The Labute approximate surface area is 116 Å². The van der Waals surface area contributed by atoms with Crippen molar-refractivity contribution in [3.05, 3.63) is 35.2 Å². The monoisotopic (exact) mass is 276 g/mol. The lowest BCUT2D eigenvalue weighted by Crippen LogP contribution is -2.10. The molecule has 0 fully saturated rings. The minimum atomic E-state index is -1.02. The van der Waals surface area contributed by atoms with E-state index in [2.05, 4.69) is 15.5 Å². The van der Waals surface area contributed by atoms with Crippen LogP contribution in [0.25, 0.3) is 0 Å². The Bertz CT molecular complexity index is 609. The maximum atomic E-state index is 11.2. The van der Waals surface area contributed by atoms with E-state index >= 15 is 0 Å². The highest BCUT2D eigenvalue weighted by Gasteiger charge is 2.15. The highest BCUT2D eigenvalue weighted by atomic mass is 16.5. The predicted octanol–water partition coefficient (Wildman–Crippen LogP) is 1.67. The van der Waals surface area contributed by atoms with Crippen LogP contribution in [-0.2, 0) is 13.2 Å². The van der Waals surface area contributed by atoms with Crippen LogP contribution in [0.3, 0.4) is 0 Å². The van der Waals surface area contributed by atoms with Crippen LogP contribution in [0.1, 0.15) is 35.1 Å². The molecule has 0 bridgehead atoms. The van der Waals surface area contributed by atoms with Gasteiger partial charge in [-0.1, -0.05) is 19.1 Å². The van der Waals surface area contributed by atoms with Crippen LogP contribution in [-0.4, -0.2) is 31.3 Å². The van der Waals surface area contributed by atoms with E-state index in [1.807, 2.05) is 6.92 Å². The van der Waals surface area contributed by atoms with Crippen LogP contribution in [0.4, 0.5) is 0 Å². The largest absolute Gasteiger partial charge is 0.484 e. The number of hydrogen-bond donors (Lipinski definition) is 1. The zero-order chi connectivity index (χ0) is 14.5. The Kier molecular flexibility index (Phi) is 4.29. The van der Waals surface area contributed by atoms with E-state index in [4.69, 9.17) is 9.84 Å². The molecule has 0 spiro atoms. The fourth-order valence-electron chi connectivity index (χ4n) is 1.86. The molecule has 20 heavy (non-hydrogen) atoms. The third-order valence-electron chi connectivity index (χ3n) is 2.83. The van der Waals surface area contributed by atoms with Gasteiger partial charge in [0.15, 0.2) is 5.82 Å². The van der Waals surface area contributed by atoms with E-state index < -0.39 is 5.97 Å². The molecular formula is C13H16N4O3. The summed E-state index contributed by atoms with van der Waals surface area (Å²) in [5, 5.41) is 20.5. The van der Waals surface area contributed by atoms with Crippen molar-refractivity contribution in [1.29, 1.82) is 0 Å². The fraction of sp³-hybridized carbons (Fsp3) is 0.385. The van der Waals surface area contributed by atoms with Crippen LogP contribution in [0.15, 0.2) is 18.2 Å². The number of nitrogens with zero attached hydrogens (tertiary/aromatic N) is 4. The van der Waals surface area contributed by atoms with Gasteiger partial charge in [0.05, 0.1) is 0 Å². The zero-order valence-electron chi connectivity index (χ0n) is 11.4. The summed E-state index contributed by atoms with van der Waals surface area (Å²) in [7, 11) is 0. The van der Waals surface area contributed by atoms with Gasteiger partial charge in [0.25, 0.3) is 0 Å². The molecule has 1 aromatic heterocycles. The van der Waals surface area contributed by atoms with E-state index in [0.717, 1.165) is 12.0 Å². The maximum Gasteiger partial charge on any atom is 0.339 e. The minimum Gasteiger partial charge on any atom is -0.484 e. The van der Waals surface area contributed by atoms with Gasteiger partial charge in [-0.25, -0.2) is 9.48 Å². The lowest BCUT2D eigenvalue weighted by molar-refractivity contribution is 0.0691. The summed E-state index contributed by atoms with van der Waals surface area (Å²) in [5.74, 6) is -0.0886. The Balaban J connectivity index is 2.18. The first-order valence-electron chi connectivity index (χ1n) is 6.34. The van der Waals surface area contributed by atoms with Crippen molar-refractivity contribution < 1.29 is 14.6 Å². The quantitative estimate of drug-likeness (QED) is 0.863. The summed E-state index contributed by atoms with van der Waals surface area (Å²) in [6, 6.07) is 5.00. The lowest BCUT2D eigenvalue weighted by Gasteiger charge is -2.11. The van der Waals surface area contributed by atoms with Gasteiger partial charge < -0.3 is 9.84 Å². The molecular weight excluding hydrogens is 260 g/mol. The number of benzene rings is 1. The molecule has 0 unspecified atom stereocenters. The number of tetrazole rings is 1. The summed E-state index contributed by atoms with van der Waals surface area (Å²) in [4.78, 5) is 11.2. The van der Waals surface area contributed by atoms with Crippen LogP contribution in [0, 0.1) is 6.92 Å². The molecule has 0 aliphatic carbocycles. The second-order valence-electron chi connectivity index (χ2n) is 4.36. The smallest absolute Gasteiger partial charge is 0.339 e. The Morgan fingerprint density at radius 1 is 1.45 bits per heavy atom. The average Bonchev–Trinajstić information content (AvgIpc) is 2.85. The Hall–Kier alpha value is -2.44. The number of aromatic carboxylic acids is 1. The molecule has 0 atom stereocenters. The number of aromatic nitrogens is 4. The maximum absolute atomic E-state index is 11.2. The topological polar surface area (TPSA) is 90.1 Å². The molecule has 1 heterocycles. The highest BCUT2D eigenvalue weighted by molar-refractivity contribution is 5.91. The van der Waals surface area contributed by atoms with Gasteiger partial charge in [0.1, 0.15) is 17.9 Å². The van der Waals surface area contributed by atoms with Crippen molar-refractivity contribution in [1.82, 2.24) is 20.2 Å². The van der Waals surface area contributed by atoms with Gasteiger partial charge in [-0.15, -0.1) is 5.10 Å². The molecule has 1 N–H and O–H groups in total. The molecule has 0 radical (unpaired) electrons. The Morgan fingerprint density at radius 2 is 2.25 bits per heavy atom. The number of carboxylic acids is 1. The molecule has 106 valence electrons. The molecule has 2 aromatic rings. The van der Waals surface area contributed by atoms with Gasteiger partial charge in [-0.2, -0.15) is 0 Å². The summed E-state index contributed by atoms with van der Waals surface area (Å²) in [6.07, 6.45) is 0.906. The standard InChI is InChI=1S/C13H16N4O3/c1-3-7-17-11(14-15-16-17)8-20-12-9(2)5-4-6-10(12)13(18)19/h4-6H,3,7-8H2,1-2H3,(H,18,19). The second-order valence-corrected chi connectivity index (χ2v) is 4.36. The van der Waals surface area contributed by atoms with E-state index in [0.29, 0.717) is 18.1 Å². The fourth-order valence-corrected chi connectivity index (χ4v) is 1.86. The van der Waals surface area contributed by atoms with Gasteiger partial charge >= 0.3 is 5.97 Å². The molecule has 7 heteroatoms. The van der Waals surface area contributed by atoms with Crippen molar-refractivity contribution in [3.8, 4) is 5.75 Å². The van der Waals surface area contributed by atoms with Crippen molar-refractivity contribution in [3.63, 3.8) is 0 Å². The number of carbonyl (C=O) groups is 1. The van der Waals surface area contributed by atoms with Crippen molar-refractivity contribution in [2.75, 3.05) is 0 Å². The minimum absolute atomic E-state index is 0.137. The number of rotatable bonds is 6. The number of carboxylic acid groups (broad SMARTS) is 1. The first-order valence-corrected chi connectivity index (χ1v) is 6.34. The van der Waals surface area contributed by atoms with Gasteiger partial charge in [-0.05, 0) is 35.4 Å². The zero-order valence-corrected chi connectivity index (χ0v) is 11.4. The number of aryl methyl sites for hydroxylation is 2. The highest BCUT2D eigenvalue weighted by Crippen LogP contribution is 2.24.